The summed E-state index contributed by atoms with van der Waals surface area (Å²) in [4.78, 5) is 30.4. The van der Waals surface area contributed by atoms with Gasteiger partial charge in [-0.2, -0.15) is 0 Å². The first-order chi connectivity index (χ1) is 15.3. The van der Waals surface area contributed by atoms with E-state index in [0.29, 0.717) is 27.8 Å². The summed E-state index contributed by atoms with van der Waals surface area (Å²) in [5.74, 6) is -2.21. The lowest BCUT2D eigenvalue weighted by molar-refractivity contribution is -0.113. The molecule has 5 nitrogen and oxygen atoms in total. The molecule has 0 aliphatic carbocycles. The molecule has 0 spiro atoms. The van der Waals surface area contributed by atoms with E-state index in [0.717, 1.165) is 35.0 Å². The second-order valence-corrected chi connectivity index (χ2v) is 8.17. The van der Waals surface area contributed by atoms with E-state index in [1.165, 1.54) is 4.57 Å². The average molecular weight is 451 g/mol. The van der Waals surface area contributed by atoms with Crippen LogP contribution in [0.2, 0.25) is 0 Å². The van der Waals surface area contributed by atoms with Crippen LogP contribution in [0.5, 0.6) is 0 Å². The highest BCUT2D eigenvalue weighted by molar-refractivity contribution is 7.99. The lowest BCUT2D eigenvalue weighted by Gasteiger charge is -2.16. The number of aryl methyl sites for hydroxylation is 1. The van der Waals surface area contributed by atoms with Crippen LogP contribution in [0.1, 0.15) is 11.1 Å². The number of anilines is 1. The van der Waals surface area contributed by atoms with Crippen LogP contribution in [0.25, 0.3) is 16.6 Å². The van der Waals surface area contributed by atoms with E-state index in [-0.39, 0.29) is 17.0 Å². The number of aromatic nitrogens is 2. The molecule has 0 bridgehead atoms. The fourth-order valence-electron chi connectivity index (χ4n) is 3.31. The zero-order valence-corrected chi connectivity index (χ0v) is 18.2. The summed E-state index contributed by atoms with van der Waals surface area (Å²) in [6.45, 7) is 3.88. The second-order valence-electron chi connectivity index (χ2n) is 7.23. The fraction of sp³-hybridized carbons (Fsp3) is 0.125. The summed E-state index contributed by atoms with van der Waals surface area (Å²) in [6.07, 6.45) is 0. The zero-order valence-electron chi connectivity index (χ0n) is 17.4. The first kappa shape index (κ1) is 21.7. The van der Waals surface area contributed by atoms with Gasteiger partial charge in [0.2, 0.25) is 5.91 Å². The minimum Gasteiger partial charge on any atom is -0.323 e. The number of hydrogen-bond acceptors (Lipinski definition) is 4. The van der Waals surface area contributed by atoms with Crippen LogP contribution in [-0.2, 0) is 4.79 Å². The Hall–Kier alpha value is -3.52. The van der Waals surface area contributed by atoms with E-state index in [4.69, 9.17) is 0 Å². The highest BCUT2D eigenvalue weighted by Gasteiger charge is 2.17. The molecule has 1 amide bonds. The predicted molar refractivity (Wildman–Crippen MR) is 123 cm³/mol. The van der Waals surface area contributed by atoms with E-state index in [1.54, 1.807) is 24.3 Å². The van der Waals surface area contributed by atoms with E-state index in [1.807, 2.05) is 32.0 Å². The number of benzene rings is 3. The summed E-state index contributed by atoms with van der Waals surface area (Å²) < 4.78 is 28.4. The molecule has 0 radical (unpaired) electrons. The van der Waals surface area contributed by atoms with Crippen molar-refractivity contribution in [2.75, 3.05) is 11.1 Å². The number of thioether (sulfide) groups is 1. The molecule has 0 atom stereocenters. The molecule has 32 heavy (non-hydrogen) atoms. The maximum absolute atomic E-state index is 13.8. The molecule has 8 heteroatoms. The molecule has 162 valence electrons. The summed E-state index contributed by atoms with van der Waals surface area (Å²) in [6, 6.07) is 15.6. The number of rotatable bonds is 5. The lowest BCUT2D eigenvalue weighted by atomic mass is 10.1. The minimum atomic E-state index is -0.862. The van der Waals surface area contributed by atoms with Crippen LogP contribution in [0, 0.1) is 25.5 Å². The zero-order chi connectivity index (χ0) is 22.8. The van der Waals surface area contributed by atoms with Gasteiger partial charge in [0, 0.05) is 6.07 Å². The number of nitrogens with one attached hydrogen (secondary N) is 1. The van der Waals surface area contributed by atoms with Gasteiger partial charge in [0.1, 0.15) is 11.6 Å². The van der Waals surface area contributed by atoms with Crippen molar-refractivity contribution in [2.45, 2.75) is 19.0 Å². The SMILES string of the molecule is Cc1cccc(-n2c(SCC(=O)Nc3ccc(F)cc3F)nc3ccccc3c2=O)c1C. The molecule has 0 saturated carbocycles. The third kappa shape index (κ3) is 4.27. The van der Waals surface area contributed by atoms with Crippen LogP contribution in [0.4, 0.5) is 14.5 Å². The van der Waals surface area contributed by atoms with Crippen molar-refractivity contribution >= 4 is 34.3 Å². The Kier molecular flexibility index (Phi) is 6.05. The van der Waals surface area contributed by atoms with Gasteiger partial charge in [-0.15, -0.1) is 0 Å². The van der Waals surface area contributed by atoms with Crippen molar-refractivity contribution in [1.29, 1.82) is 0 Å². The van der Waals surface area contributed by atoms with Gasteiger partial charge in [0.05, 0.1) is 28.0 Å². The number of hydrogen-bond donors (Lipinski definition) is 1. The van der Waals surface area contributed by atoms with Crippen molar-refractivity contribution in [3.05, 3.63) is 93.8 Å². The number of halogens is 2. The van der Waals surface area contributed by atoms with Gasteiger partial charge in [-0.05, 0) is 55.3 Å². The third-order valence-corrected chi connectivity index (χ3v) is 6.04. The molecule has 0 aliphatic heterocycles. The molecule has 3 aromatic carbocycles. The largest absolute Gasteiger partial charge is 0.323 e. The number of nitrogens with zero attached hydrogens (tertiary/aromatic N) is 2. The molecule has 0 unspecified atom stereocenters. The summed E-state index contributed by atoms with van der Waals surface area (Å²) >= 11 is 1.07. The molecule has 0 saturated heterocycles. The fourth-order valence-corrected chi connectivity index (χ4v) is 4.11. The predicted octanol–water partition coefficient (Wildman–Crippen LogP) is 5.01. The lowest BCUT2D eigenvalue weighted by Crippen LogP contribution is -2.23. The monoisotopic (exact) mass is 451 g/mol. The van der Waals surface area contributed by atoms with Gasteiger partial charge in [-0.25, -0.2) is 13.8 Å². The Morgan fingerprint density at radius 3 is 2.62 bits per heavy atom. The van der Waals surface area contributed by atoms with Crippen LogP contribution in [-0.4, -0.2) is 21.2 Å². The Morgan fingerprint density at radius 1 is 1.06 bits per heavy atom. The summed E-state index contributed by atoms with van der Waals surface area (Å²) in [7, 11) is 0. The first-order valence-electron chi connectivity index (χ1n) is 9.81. The molecule has 0 aliphatic rings. The molecule has 4 aromatic rings. The van der Waals surface area contributed by atoms with Gasteiger partial charge in [-0.3, -0.25) is 14.2 Å². The standard InChI is InChI=1S/C24H19F2N3O2S/c1-14-6-5-9-21(15(14)2)29-23(31)17-7-3-4-8-19(17)28-24(29)32-13-22(30)27-20-11-10-16(25)12-18(20)26/h3-12H,13H2,1-2H3,(H,27,30). The Balaban J connectivity index is 1.70. The van der Waals surface area contributed by atoms with Gasteiger partial charge >= 0.3 is 0 Å². The van der Waals surface area contributed by atoms with Gasteiger partial charge in [0.25, 0.3) is 5.56 Å². The number of fused-ring (bicyclic) bond motifs is 1. The van der Waals surface area contributed by atoms with E-state index in [9.17, 15) is 18.4 Å². The summed E-state index contributed by atoms with van der Waals surface area (Å²) in [5.41, 5.74) is 2.79. The van der Waals surface area contributed by atoms with E-state index >= 15 is 0 Å². The van der Waals surface area contributed by atoms with Gasteiger partial charge < -0.3 is 5.32 Å². The van der Waals surface area contributed by atoms with Crippen LogP contribution >= 0.6 is 11.8 Å². The Labute approximate surface area is 187 Å². The van der Waals surface area contributed by atoms with Crippen LogP contribution in [0.3, 0.4) is 0 Å². The minimum absolute atomic E-state index is 0.115. The van der Waals surface area contributed by atoms with Crippen molar-refractivity contribution in [1.82, 2.24) is 9.55 Å². The van der Waals surface area contributed by atoms with E-state index in [2.05, 4.69) is 10.3 Å². The normalized spacial score (nSPS) is 11.0. The van der Waals surface area contributed by atoms with Crippen LogP contribution in [0.15, 0.2) is 70.6 Å². The molecule has 1 aromatic heterocycles. The smallest absolute Gasteiger partial charge is 0.266 e. The third-order valence-electron chi connectivity index (χ3n) is 5.10. The van der Waals surface area contributed by atoms with E-state index < -0.39 is 17.5 Å². The number of carbonyl (C=O) groups is 1. The quantitative estimate of drug-likeness (QED) is 0.342. The first-order valence-corrected chi connectivity index (χ1v) is 10.8. The van der Waals surface area contributed by atoms with Gasteiger partial charge in [0.15, 0.2) is 5.16 Å². The number of amides is 1. The highest BCUT2D eigenvalue weighted by atomic mass is 32.2. The number of para-hydroxylation sites is 1. The maximum atomic E-state index is 13.8. The molecule has 1 N–H and O–H groups in total. The van der Waals surface area contributed by atoms with Crippen molar-refractivity contribution in [3.63, 3.8) is 0 Å². The topological polar surface area (TPSA) is 64.0 Å². The maximum Gasteiger partial charge on any atom is 0.266 e. The van der Waals surface area contributed by atoms with Crippen molar-refractivity contribution in [2.24, 2.45) is 0 Å². The second kappa shape index (κ2) is 8.92. The molecule has 0 fully saturated rings. The molecule has 1 heterocycles. The van der Waals surface area contributed by atoms with Gasteiger partial charge in [-0.1, -0.05) is 36.0 Å². The Bertz CT molecular complexity index is 1400. The van der Waals surface area contributed by atoms with Crippen LogP contribution < -0.4 is 10.9 Å². The Morgan fingerprint density at radius 2 is 1.84 bits per heavy atom. The van der Waals surface area contributed by atoms with Crippen molar-refractivity contribution in [3.8, 4) is 5.69 Å². The average Bonchev–Trinajstić information content (AvgIpc) is 2.77. The molecule has 4 rings (SSSR count). The number of carbonyl (C=O) groups excluding carboxylic acids is 1. The highest BCUT2D eigenvalue weighted by Crippen LogP contribution is 2.25. The van der Waals surface area contributed by atoms with Crippen molar-refractivity contribution < 1.29 is 13.6 Å². The molecular formula is C24H19F2N3O2S. The summed E-state index contributed by atoms with van der Waals surface area (Å²) in [5, 5.41) is 3.24. The molecular weight excluding hydrogens is 432 g/mol.